The number of sulfone groups is 1. The summed E-state index contributed by atoms with van der Waals surface area (Å²) in [6.45, 7) is 1.84. The second-order valence-corrected chi connectivity index (χ2v) is 10.2. The van der Waals surface area contributed by atoms with Crippen LogP contribution in [-0.2, 0) is 16.0 Å². The van der Waals surface area contributed by atoms with E-state index in [1.807, 2.05) is 13.0 Å². The first-order chi connectivity index (χ1) is 14.5. The molecule has 3 rings (SSSR count). The Kier molecular flexibility index (Phi) is 6.95. The molecule has 2 aromatic rings. The fourth-order valence-corrected chi connectivity index (χ4v) is 5.75. The number of nitrogens with one attached hydrogen (secondary N) is 1. The Balaban J connectivity index is 1.56. The van der Waals surface area contributed by atoms with Gasteiger partial charge in [0.1, 0.15) is 10.8 Å². The van der Waals surface area contributed by atoms with Gasteiger partial charge in [-0.3, -0.25) is 4.79 Å². The van der Waals surface area contributed by atoms with E-state index in [0.717, 1.165) is 11.6 Å². The number of hydrogen-bond acceptors (Lipinski definition) is 4. The van der Waals surface area contributed by atoms with Crippen molar-refractivity contribution in [2.24, 2.45) is 5.92 Å². The lowest BCUT2D eigenvalue weighted by atomic mass is 9.87. The van der Waals surface area contributed by atoms with Crippen molar-refractivity contribution in [1.82, 2.24) is 10.3 Å². The first-order valence-electron chi connectivity index (χ1n) is 9.80. The van der Waals surface area contributed by atoms with Gasteiger partial charge < -0.3 is 5.32 Å². The lowest BCUT2D eigenvalue weighted by molar-refractivity contribution is -0.141. The Hall–Kier alpha value is -2.13. The Morgan fingerprint density at radius 1 is 1.16 bits per heavy atom. The monoisotopic (exact) mass is 474 g/mol. The number of amides is 1. The number of carbonyl (C=O) groups excluding carboxylic acids is 1. The molecule has 0 unspecified atom stereocenters. The van der Waals surface area contributed by atoms with Crippen LogP contribution in [0.3, 0.4) is 0 Å². The van der Waals surface area contributed by atoms with Crippen molar-refractivity contribution >= 4 is 27.3 Å². The zero-order valence-corrected chi connectivity index (χ0v) is 18.3. The molecule has 31 heavy (non-hydrogen) atoms. The minimum Gasteiger partial charge on any atom is -0.349 e. The third kappa shape index (κ3) is 5.98. The summed E-state index contributed by atoms with van der Waals surface area (Å²) < 4.78 is 63.4. The third-order valence-corrected chi connectivity index (χ3v) is 7.54. The van der Waals surface area contributed by atoms with Crippen LogP contribution < -0.4 is 5.32 Å². The largest absolute Gasteiger partial charge is 0.433 e. The Bertz CT molecular complexity index is 1070. The Morgan fingerprint density at radius 2 is 1.84 bits per heavy atom. The van der Waals surface area contributed by atoms with E-state index in [2.05, 4.69) is 10.3 Å². The van der Waals surface area contributed by atoms with Gasteiger partial charge in [0.15, 0.2) is 9.84 Å². The number of carbonyl (C=O) groups is 1. The van der Waals surface area contributed by atoms with Gasteiger partial charge in [-0.2, -0.15) is 13.2 Å². The number of nitrogens with zero attached hydrogens (tertiary/aromatic N) is 1. The quantitative estimate of drug-likeness (QED) is 0.630. The summed E-state index contributed by atoms with van der Waals surface area (Å²) in [7, 11) is -3.39. The number of aryl methyl sites for hydroxylation is 1. The number of rotatable bonds is 5. The smallest absolute Gasteiger partial charge is 0.349 e. The molecule has 1 heterocycles. The van der Waals surface area contributed by atoms with E-state index in [4.69, 9.17) is 11.6 Å². The molecule has 5 nitrogen and oxygen atoms in total. The number of halogens is 4. The molecule has 168 valence electrons. The molecule has 1 aromatic heterocycles. The summed E-state index contributed by atoms with van der Waals surface area (Å²) in [4.78, 5) is 16.0. The summed E-state index contributed by atoms with van der Waals surface area (Å²) >= 11 is 5.77. The maximum Gasteiger partial charge on any atom is 0.433 e. The maximum absolute atomic E-state index is 12.7. The van der Waals surface area contributed by atoms with Crippen LogP contribution in [0.1, 0.15) is 47.3 Å². The molecule has 1 fully saturated rings. The number of pyridine rings is 1. The topological polar surface area (TPSA) is 76.1 Å². The van der Waals surface area contributed by atoms with Crippen LogP contribution in [0.5, 0.6) is 0 Å². The predicted molar refractivity (Wildman–Crippen MR) is 111 cm³/mol. The summed E-state index contributed by atoms with van der Waals surface area (Å²) in [5.74, 6) is -0.566. The first kappa shape index (κ1) is 23.5. The maximum atomic E-state index is 12.7. The third-order valence-electron chi connectivity index (χ3n) is 5.37. The lowest BCUT2D eigenvalue weighted by Crippen LogP contribution is -2.38. The molecular weight excluding hydrogens is 453 g/mol. The molecule has 1 saturated carbocycles. The highest BCUT2D eigenvalue weighted by molar-refractivity contribution is 7.91. The van der Waals surface area contributed by atoms with Gasteiger partial charge in [-0.15, -0.1) is 0 Å². The Labute approximate surface area is 183 Å². The van der Waals surface area contributed by atoms with Gasteiger partial charge >= 0.3 is 6.18 Å². The fourth-order valence-electron chi connectivity index (χ4n) is 3.71. The van der Waals surface area contributed by atoms with Crippen molar-refractivity contribution in [3.8, 4) is 0 Å². The normalized spacial score (nSPS) is 19.8. The van der Waals surface area contributed by atoms with Gasteiger partial charge in [0.2, 0.25) is 0 Å². The molecule has 1 amide bonds. The van der Waals surface area contributed by atoms with Crippen molar-refractivity contribution in [3.63, 3.8) is 0 Å². The summed E-state index contributed by atoms with van der Waals surface area (Å²) in [5, 5.41) is 2.25. The predicted octanol–water partition coefficient (Wildman–Crippen LogP) is 4.82. The molecule has 0 spiro atoms. The molecule has 1 aliphatic rings. The van der Waals surface area contributed by atoms with Crippen LogP contribution in [0.4, 0.5) is 13.2 Å². The second-order valence-electron chi connectivity index (χ2n) is 7.82. The van der Waals surface area contributed by atoms with E-state index in [0.29, 0.717) is 36.6 Å². The number of alkyl halides is 3. The van der Waals surface area contributed by atoms with Gasteiger partial charge in [-0.05, 0) is 68.4 Å². The second kappa shape index (κ2) is 9.16. The van der Waals surface area contributed by atoms with E-state index < -0.39 is 32.8 Å². The van der Waals surface area contributed by atoms with Crippen LogP contribution in [0.25, 0.3) is 0 Å². The van der Waals surface area contributed by atoms with Gasteiger partial charge in [0, 0.05) is 6.04 Å². The summed E-state index contributed by atoms with van der Waals surface area (Å²) in [6, 6.07) is 8.32. The van der Waals surface area contributed by atoms with Gasteiger partial charge in [-0.25, -0.2) is 13.4 Å². The average Bonchev–Trinajstić information content (AvgIpc) is 2.68. The van der Waals surface area contributed by atoms with Crippen LogP contribution in [-0.4, -0.2) is 31.1 Å². The van der Waals surface area contributed by atoms with Gasteiger partial charge in [0.05, 0.1) is 16.2 Å². The minimum atomic E-state index is -4.64. The molecule has 0 radical (unpaired) electrons. The van der Waals surface area contributed by atoms with Gasteiger partial charge in [-0.1, -0.05) is 23.7 Å². The molecule has 1 aliphatic carbocycles. The number of aromatic nitrogens is 1. The zero-order chi connectivity index (χ0) is 22.8. The molecule has 0 atom stereocenters. The molecule has 0 saturated heterocycles. The lowest BCUT2D eigenvalue weighted by Gasteiger charge is -2.29. The molecule has 0 bridgehead atoms. The van der Waals surface area contributed by atoms with Crippen LogP contribution in [0.15, 0.2) is 41.3 Å². The Morgan fingerprint density at radius 3 is 2.42 bits per heavy atom. The molecule has 10 heteroatoms. The van der Waals surface area contributed by atoms with E-state index in [9.17, 15) is 26.4 Å². The van der Waals surface area contributed by atoms with Crippen LogP contribution >= 0.6 is 11.6 Å². The van der Waals surface area contributed by atoms with Crippen molar-refractivity contribution in [3.05, 3.63) is 58.4 Å². The number of hydrogen-bond donors (Lipinski definition) is 1. The highest BCUT2D eigenvalue weighted by atomic mass is 35.5. The van der Waals surface area contributed by atoms with E-state index in [1.54, 1.807) is 18.2 Å². The van der Waals surface area contributed by atoms with Crippen LogP contribution in [0, 0.1) is 12.8 Å². The van der Waals surface area contributed by atoms with E-state index in [1.165, 1.54) is 0 Å². The average molecular weight is 475 g/mol. The molecule has 0 aliphatic heterocycles. The van der Waals surface area contributed by atoms with Gasteiger partial charge in [0.25, 0.3) is 5.91 Å². The van der Waals surface area contributed by atoms with Crippen molar-refractivity contribution < 1.29 is 26.4 Å². The summed E-state index contributed by atoms with van der Waals surface area (Å²) in [5.41, 5.74) is -0.410. The minimum absolute atomic E-state index is 0.0185. The zero-order valence-electron chi connectivity index (χ0n) is 16.7. The molecule has 1 N–H and O–H groups in total. The fraction of sp³-hybridized carbons (Fsp3) is 0.429. The molecular formula is C21H22ClF3N2O3S. The number of benzene rings is 1. The first-order valence-corrected chi connectivity index (χ1v) is 11.8. The molecule has 1 aromatic carbocycles. The highest BCUT2D eigenvalue weighted by Gasteiger charge is 2.34. The van der Waals surface area contributed by atoms with Crippen molar-refractivity contribution in [2.75, 3.05) is 5.75 Å². The van der Waals surface area contributed by atoms with Crippen LogP contribution in [0.2, 0.25) is 5.15 Å². The van der Waals surface area contributed by atoms with E-state index >= 15 is 0 Å². The highest BCUT2D eigenvalue weighted by Crippen LogP contribution is 2.30. The van der Waals surface area contributed by atoms with Crippen molar-refractivity contribution in [1.29, 1.82) is 0 Å². The van der Waals surface area contributed by atoms with Crippen molar-refractivity contribution in [2.45, 2.75) is 49.7 Å². The summed E-state index contributed by atoms with van der Waals surface area (Å²) in [6.07, 6.45) is -2.25. The van der Waals surface area contributed by atoms with E-state index in [-0.39, 0.29) is 23.3 Å². The standard InChI is InChI=1S/C21H22ClF3N2O3S/c1-13-3-2-4-16(11-13)31(29,30)12-14-5-7-15(8-6-14)26-20(28)17-9-10-18(21(23,24)25)27-19(17)22/h2-4,9-11,14-15H,5-8,12H2,1H3,(H,26,28). The SMILES string of the molecule is Cc1cccc(S(=O)(=O)CC2CCC(NC(=O)c3ccc(C(F)(F)F)nc3Cl)CC2)c1.